The maximum absolute atomic E-state index is 11.9. The monoisotopic (exact) mass is 370 g/mol. The fraction of sp³-hybridized carbons (Fsp3) is 0.167. The lowest BCUT2D eigenvalue weighted by atomic mass is 10.1. The average Bonchev–Trinajstić information content (AvgIpc) is 2.65. The molecule has 2 rings (SSSR count). The molecule has 4 N–H and O–H groups in total. The van der Waals surface area contributed by atoms with E-state index in [-0.39, 0.29) is 12.8 Å². The second-order valence-electron chi connectivity index (χ2n) is 5.50. The van der Waals surface area contributed by atoms with Crippen LogP contribution in [0.2, 0.25) is 0 Å². The predicted octanol–water partition coefficient (Wildman–Crippen LogP) is 3.54. The lowest BCUT2D eigenvalue weighted by molar-refractivity contribution is -0.140. The first-order valence-corrected chi connectivity index (χ1v) is 8.03. The lowest BCUT2D eigenvalue weighted by Gasteiger charge is -2.14. The van der Waals surface area contributed by atoms with Crippen LogP contribution < -0.4 is 10.6 Å². The van der Waals surface area contributed by atoms with Crippen LogP contribution in [-0.4, -0.2) is 34.2 Å². The molecule has 1 atom stereocenters. The maximum atomic E-state index is 11.9. The van der Waals surface area contributed by atoms with E-state index in [9.17, 15) is 14.4 Å². The van der Waals surface area contributed by atoms with Gasteiger partial charge in [-0.15, -0.1) is 0 Å². The number of carbonyl (C=O) groups excluding carboxylic acids is 1. The Hall–Kier alpha value is -3.75. The van der Waals surface area contributed by atoms with Gasteiger partial charge in [0.1, 0.15) is 6.04 Å². The quantitative estimate of drug-likeness (QED) is 0.526. The normalized spacial score (nSPS) is 11.7. The molecule has 0 aliphatic heterocycles. The van der Waals surface area contributed by atoms with E-state index in [1.807, 2.05) is 30.3 Å². The van der Waals surface area contributed by atoms with Gasteiger partial charge in [-0.25, -0.2) is 9.59 Å². The minimum absolute atomic E-state index is 0.211. The summed E-state index contributed by atoms with van der Waals surface area (Å²) in [6.07, 6.45) is -0.574. The molecule has 1 unspecified atom stereocenters. The number of aliphatic carboxylic acids is 2. The Labute approximate surface area is 154 Å². The topological polar surface area (TPSA) is 140 Å². The molecule has 0 heterocycles. The van der Waals surface area contributed by atoms with Crippen LogP contribution in [0.4, 0.5) is 21.9 Å². The fourth-order valence-corrected chi connectivity index (χ4v) is 2.07. The Morgan fingerprint density at radius 1 is 0.889 bits per heavy atom. The van der Waals surface area contributed by atoms with E-state index >= 15 is 0 Å². The van der Waals surface area contributed by atoms with Crippen molar-refractivity contribution in [3.05, 3.63) is 54.6 Å². The second-order valence-corrected chi connectivity index (χ2v) is 5.50. The number of nitrogens with one attached hydrogen (secondary N) is 2. The summed E-state index contributed by atoms with van der Waals surface area (Å²) in [5.74, 6) is -2.44. The molecule has 0 aliphatic rings. The molecule has 0 saturated heterocycles. The first-order valence-electron chi connectivity index (χ1n) is 8.03. The number of hydrogen-bond acceptors (Lipinski definition) is 5. The zero-order valence-corrected chi connectivity index (χ0v) is 14.2. The smallest absolute Gasteiger partial charge is 0.326 e. The molecule has 0 aliphatic carbocycles. The van der Waals surface area contributed by atoms with Crippen LogP contribution in [0, 0.1) is 0 Å². The number of carbonyl (C=O) groups is 3. The van der Waals surface area contributed by atoms with Crippen LogP contribution in [0.15, 0.2) is 64.8 Å². The third-order valence-corrected chi connectivity index (χ3v) is 3.41. The number of urea groups is 1. The molecule has 0 fully saturated rings. The van der Waals surface area contributed by atoms with Gasteiger partial charge in [-0.1, -0.05) is 18.2 Å². The molecule has 0 radical (unpaired) electrons. The Morgan fingerprint density at radius 2 is 1.48 bits per heavy atom. The number of anilines is 1. The third-order valence-electron chi connectivity index (χ3n) is 3.41. The van der Waals surface area contributed by atoms with Crippen LogP contribution in [0.1, 0.15) is 12.8 Å². The standard InChI is InChI=1S/C18H18N4O5/c23-16(24)11-10-15(17(25)26)20-18(27)19-12-6-8-14(9-7-12)22-21-13-4-2-1-3-5-13/h1-9,15H,10-11H2,(H,23,24)(H,25,26)(H2,19,20,27). The Kier molecular flexibility index (Phi) is 7.00. The summed E-state index contributed by atoms with van der Waals surface area (Å²) >= 11 is 0. The average molecular weight is 370 g/mol. The predicted molar refractivity (Wildman–Crippen MR) is 97.5 cm³/mol. The van der Waals surface area contributed by atoms with Crippen LogP contribution >= 0.6 is 0 Å². The highest BCUT2D eigenvalue weighted by Gasteiger charge is 2.20. The van der Waals surface area contributed by atoms with Crippen molar-refractivity contribution in [3.8, 4) is 0 Å². The van der Waals surface area contributed by atoms with Gasteiger partial charge in [-0.3, -0.25) is 4.79 Å². The molecule has 0 spiro atoms. The van der Waals surface area contributed by atoms with Crippen molar-refractivity contribution in [1.82, 2.24) is 5.32 Å². The van der Waals surface area contributed by atoms with Crippen LogP contribution in [0.25, 0.3) is 0 Å². The molecule has 140 valence electrons. The van der Waals surface area contributed by atoms with Crippen molar-refractivity contribution >= 4 is 35.0 Å². The van der Waals surface area contributed by atoms with Gasteiger partial charge in [0, 0.05) is 12.1 Å². The number of carboxylic acid groups (broad SMARTS) is 2. The van der Waals surface area contributed by atoms with E-state index in [0.717, 1.165) is 0 Å². The minimum atomic E-state index is -1.30. The lowest BCUT2D eigenvalue weighted by Crippen LogP contribution is -2.43. The molecule has 0 aromatic heterocycles. The van der Waals surface area contributed by atoms with Gasteiger partial charge in [0.25, 0.3) is 0 Å². The number of amides is 2. The van der Waals surface area contributed by atoms with Gasteiger partial charge in [0.15, 0.2) is 0 Å². The molecule has 9 heteroatoms. The Balaban J connectivity index is 1.91. The number of hydrogen-bond donors (Lipinski definition) is 4. The highest BCUT2D eigenvalue weighted by atomic mass is 16.4. The zero-order valence-electron chi connectivity index (χ0n) is 14.2. The molecule has 2 aromatic carbocycles. The molecular weight excluding hydrogens is 352 g/mol. The summed E-state index contributed by atoms with van der Waals surface area (Å²) in [4.78, 5) is 33.5. The summed E-state index contributed by atoms with van der Waals surface area (Å²) in [5, 5.41) is 30.5. The number of azo groups is 1. The summed E-state index contributed by atoms with van der Waals surface area (Å²) in [7, 11) is 0. The van der Waals surface area contributed by atoms with Crippen molar-refractivity contribution in [1.29, 1.82) is 0 Å². The van der Waals surface area contributed by atoms with Crippen LogP contribution in [-0.2, 0) is 9.59 Å². The highest BCUT2D eigenvalue weighted by Crippen LogP contribution is 2.20. The first kappa shape index (κ1) is 19.6. The number of carboxylic acids is 2. The molecule has 0 saturated carbocycles. The highest BCUT2D eigenvalue weighted by molar-refractivity contribution is 5.92. The molecular formula is C18H18N4O5. The van der Waals surface area contributed by atoms with Gasteiger partial charge >= 0.3 is 18.0 Å². The number of nitrogens with zero attached hydrogens (tertiary/aromatic N) is 2. The van der Waals surface area contributed by atoms with E-state index in [2.05, 4.69) is 20.9 Å². The maximum Gasteiger partial charge on any atom is 0.326 e. The summed E-state index contributed by atoms with van der Waals surface area (Å²) in [6, 6.07) is 13.6. The van der Waals surface area contributed by atoms with Gasteiger partial charge in [-0.2, -0.15) is 10.2 Å². The second kappa shape index (κ2) is 9.66. The van der Waals surface area contributed by atoms with Crippen LogP contribution in [0.5, 0.6) is 0 Å². The number of benzene rings is 2. The summed E-state index contributed by atoms with van der Waals surface area (Å²) in [5.41, 5.74) is 1.71. The molecule has 0 bridgehead atoms. The summed E-state index contributed by atoms with van der Waals surface area (Å²) < 4.78 is 0. The van der Waals surface area contributed by atoms with Crippen molar-refractivity contribution < 1.29 is 24.6 Å². The summed E-state index contributed by atoms with van der Waals surface area (Å²) in [6.45, 7) is 0. The van der Waals surface area contributed by atoms with Crippen molar-refractivity contribution in [2.45, 2.75) is 18.9 Å². The van der Waals surface area contributed by atoms with E-state index in [4.69, 9.17) is 10.2 Å². The van der Waals surface area contributed by atoms with Crippen LogP contribution in [0.3, 0.4) is 0 Å². The van der Waals surface area contributed by atoms with E-state index in [0.29, 0.717) is 17.1 Å². The largest absolute Gasteiger partial charge is 0.481 e. The van der Waals surface area contributed by atoms with Crippen molar-refractivity contribution in [2.24, 2.45) is 10.2 Å². The Bertz CT molecular complexity index is 821. The first-order chi connectivity index (χ1) is 12.9. The SMILES string of the molecule is O=C(O)CCC(NC(=O)Nc1ccc(N=Nc2ccccc2)cc1)C(=O)O. The van der Waals surface area contributed by atoms with E-state index < -0.39 is 24.0 Å². The van der Waals surface area contributed by atoms with E-state index in [1.54, 1.807) is 24.3 Å². The zero-order chi connectivity index (χ0) is 19.6. The Morgan fingerprint density at radius 3 is 2.04 bits per heavy atom. The molecule has 27 heavy (non-hydrogen) atoms. The third kappa shape index (κ3) is 6.94. The van der Waals surface area contributed by atoms with Gasteiger partial charge in [0.2, 0.25) is 0 Å². The molecule has 2 amide bonds. The van der Waals surface area contributed by atoms with Gasteiger partial charge < -0.3 is 20.8 Å². The van der Waals surface area contributed by atoms with Gasteiger partial charge in [0.05, 0.1) is 11.4 Å². The van der Waals surface area contributed by atoms with Gasteiger partial charge in [-0.05, 0) is 42.8 Å². The van der Waals surface area contributed by atoms with Crippen molar-refractivity contribution in [2.75, 3.05) is 5.32 Å². The number of rotatable bonds is 8. The fourth-order valence-electron chi connectivity index (χ4n) is 2.07. The minimum Gasteiger partial charge on any atom is -0.481 e. The molecule has 9 nitrogen and oxygen atoms in total. The van der Waals surface area contributed by atoms with E-state index in [1.165, 1.54) is 0 Å². The van der Waals surface area contributed by atoms with Crippen molar-refractivity contribution in [3.63, 3.8) is 0 Å². The molecule has 2 aromatic rings.